The predicted octanol–water partition coefficient (Wildman–Crippen LogP) is 3.53. The number of hydrogen-bond acceptors (Lipinski definition) is 6. The molecule has 2 heterocycles. The number of carbonyl (C=O) groups excluding carboxylic acids is 2. The quantitative estimate of drug-likeness (QED) is 0.693. The highest BCUT2D eigenvalue weighted by Gasteiger charge is 2.37. The Balaban J connectivity index is 1.78. The fourth-order valence-corrected chi connectivity index (χ4v) is 3.22. The molecule has 7 heteroatoms. The number of fused-ring (bicyclic) bond motifs is 1. The Morgan fingerprint density at radius 1 is 1.24 bits per heavy atom. The molecule has 0 saturated heterocycles. The van der Waals surface area contributed by atoms with Gasteiger partial charge < -0.3 is 14.2 Å². The van der Waals surface area contributed by atoms with Crippen LogP contribution in [0, 0.1) is 5.92 Å². The Hall–Kier alpha value is -3.09. The highest BCUT2D eigenvalue weighted by molar-refractivity contribution is 5.84. The van der Waals surface area contributed by atoms with E-state index < -0.39 is 18.1 Å². The summed E-state index contributed by atoms with van der Waals surface area (Å²) in [6, 6.07) is 10.3. The first-order valence-electron chi connectivity index (χ1n) is 9.66. The third-order valence-corrected chi connectivity index (χ3v) is 4.65. The van der Waals surface area contributed by atoms with E-state index in [4.69, 9.17) is 14.2 Å². The van der Waals surface area contributed by atoms with Gasteiger partial charge in [-0.3, -0.25) is 9.88 Å². The lowest BCUT2D eigenvalue weighted by Crippen LogP contribution is -2.44. The van der Waals surface area contributed by atoms with Crippen molar-refractivity contribution in [1.82, 2.24) is 9.88 Å². The van der Waals surface area contributed by atoms with Gasteiger partial charge in [-0.15, -0.1) is 0 Å². The van der Waals surface area contributed by atoms with Crippen molar-refractivity contribution in [3.05, 3.63) is 59.4 Å². The average molecular weight is 398 g/mol. The normalized spacial score (nSPS) is 15.6. The lowest BCUT2D eigenvalue weighted by atomic mass is 9.92. The highest BCUT2D eigenvalue weighted by atomic mass is 16.6. The van der Waals surface area contributed by atoms with E-state index in [2.05, 4.69) is 4.98 Å². The van der Waals surface area contributed by atoms with Crippen LogP contribution >= 0.6 is 0 Å². The summed E-state index contributed by atoms with van der Waals surface area (Å²) in [5, 5.41) is 0. The van der Waals surface area contributed by atoms with Gasteiger partial charge in [-0.25, -0.2) is 9.59 Å². The number of esters is 1. The van der Waals surface area contributed by atoms with Gasteiger partial charge in [-0.05, 0) is 47.7 Å². The van der Waals surface area contributed by atoms with Crippen LogP contribution in [-0.4, -0.2) is 42.2 Å². The van der Waals surface area contributed by atoms with Crippen molar-refractivity contribution >= 4 is 12.1 Å². The number of hydrogen-bond donors (Lipinski definition) is 0. The van der Waals surface area contributed by atoms with Crippen LogP contribution in [0.5, 0.6) is 5.75 Å². The minimum absolute atomic E-state index is 0.214. The fourth-order valence-electron chi connectivity index (χ4n) is 3.22. The van der Waals surface area contributed by atoms with Gasteiger partial charge in [0.15, 0.2) is 6.04 Å². The second-order valence-corrected chi connectivity index (χ2v) is 7.31. The highest BCUT2D eigenvalue weighted by Crippen LogP contribution is 2.33. The molecule has 0 saturated carbocycles. The monoisotopic (exact) mass is 398 g/mol. The minimum Gasteiger partial charge on any atom is -0.487 e. The van der Waals surface area contributed by atoms with E-state index in [0.717, 1.165) is 16.8 Å². The van der Waals surface area contributed by atoms with Gasteiger partial charge in [0.2, 0.25) is 0 Å². The first-order valence-corrected chi connectivity index (χ1v) is 9.66. The molecule has 1 atom stereocenters. The number of carbonyl (C=O) groups is 2. The Morgan fingerprint density at radius 2 is 2.07 bits per heavy atom. The van der Waals surface area contributed by atoms with E-state index in [9.17, 15) is 9.59 Å². The number of rotatable bonds is 6. The van der Waals surface area contributed by atoms with Gasteiger partial charge in [-0.1, -0.05) is 26.0 Å². The van der Waals surface area contributed by atoms with Crippen LogP contribution in [0.3, 0.4) is 0 Å². The summed E-state index contributed by atoms with van der Waals surface area (Å²) < 4.78 is 16.1. The molecule has 1 unspecified atom stereocenters. The molecule has 7 nitrogen and oxygen atoms in total. The molecule has 1 aromatic carbocycles. The summed E-state index contributed by atoms with van der Waals surface area (Å²) in [6.45, 7) is 4.95. The zero-order valence-corrected chi connectivity index (χ0v) is 17.0. The molecule has 2 aromatic rings. The van der Waals surface area contributed by atoms with Crippen LogP contribution in [0.2, 0.25) is 0 Å². The number of nitrogens with zero attached hydrogens (tertiary/aromatic N) is 2. The standard InChI is InChI=1S/C22H26N2O5/c1-15(2)13-29-22(26)24-11-9-16-12-18(28-14-17-6-4-5-10-23-17)7-8-19(16)20(24)21(25)27-3/h4-8,10,12,15,20H,9,11,13-14H2,1-3H3. The van der Waals surface area contributed by atoms with Gasteiger partial charge in [0.05, 0.1) is 19.4 Å². The third-order valence-electron chi connectivity index (χ3n) is 4.65. The van der Waals surface area contributed by atoms with Crippen molar-refractivity contribution in [2.45, 2.75) is 32.9 Å². The van der Waals surface area contributed by atoms with E-state index in [1.54, 1.807) is 12.3 Å². The van der Waals surface area contributed by atoms with Crippen LogP contribution in [0.1, 0.15) is 36.7 Å². The van der Waals surface area contributed by atoms with Gasteiger partial charge >= 0.3 is 12.1 Å². The molecular formula is C22H26N2O5. The number of benzene rings is 1. The average Bonchev–Trinajstić information content (AvgIpc) is 2.75. The van der Waals surface area contributed by atoms with E-state index >= 15 is 0 Å². The van der Waals surface area contributed by atoms with Crippen molar-refractivity contribution in [1.29, 1.82) is 0 Å². The number of amides is 1. The van der Waals surface area contributed by atoms with Gasteiger partial charge in [0.1, 0.15) is 12.4 Å². The van der Waals surface area contributed by atoms with Crippen LogP contribution in [0.15, 0.2) is 42.6 Å². The predicted molar refractivity (Wildman–Crippen MR) is 106 cm³/mol. The van der Waals surface area contributed by atoms with E-state index in [1.807, 2.05) is 44.2 Å². The summed E-state index contributed by atoms with van der Waals surface area (Å²) in [4.78, 5) is 30.7. The van der Waals surface area contributed by atoms with E-state index in [-0.39, 0.29) is 5.92 Å². The summed E-state index contributed by atoms with van der Waals surface area (Å²) in [5.74, 6) is 0.412. The zero-order chi connectivity index (χ0) is 20.8. The molecule has 29 heavy (non-hydrogen) atoms. The molecule has 1 aliphatic rings. The van der Waals surface area contributed by atoms with Crippen molar-refractivity contribution in [3.63, 3.8) is 0 Å². The van der Waals surface area contributed by atoms with Crippen LogP contribution in [0.25, 0.3) is 0 Å². The fraction of sp³-hybridized carbons (Fsp3) is 0.409. The summed E-state index contributed by atoms with van der Waals surface area (Å²) >= 11 is 0. The Labute approximate surface area is 170 Å². The topological polar surface area (TPSA) is 78.0 Å². The van der Waals surface area contributed by atoms with Crippen molar-refractivity contribution in [2.75, 3.05) is 20.3 Å². The van der Waals surface area contributed by atoms with Crippen LogP contribution in [-0.2, 0) is 27.3 Å². The lowest BCUT2D eigenvalue weighted by molar-refractivity contribution is -0.147. The summed E-state index contributed by atoms with van der Waals surface area (Å²) in [6.07, 6.45) is 1.81. The van der Waals surface area contributed by atoms with Crippen LogP contribution < -0.4 is 4.74 Å². The zero-order valence-electron chi connectivity index (χ0n) is 17.0. The molecular weight excluding hydrogens is 372 g/mol. The number of ether oxygens (including phenoxy) is 3. The molecule has 0 N–H and O–H groups in total. The van der Waals surface area contributed by atoms with Crippen LogP contribution in [0.4, 0.5) is 4.79 Å². The Bertz CT molecular complexity index is 854. The molecule has 1 amide bonds. The molecule has 154 valence electrons. The molecule has 1 aromatic heterocycles. The van der Waals surface area contributed by atoms with Gasteiger partial charge in [-0.2, -0.15) is 0 Å². The third kappa shape index (κ3) is 5.04. The second kappa shape index (κ2) is 9.41. The molecule has 1 aliphatic heterocycles. The maximum absolute atomic E-state index is 12.5. The summed E-state index contributed by atoms with van der Waals surface area (Å²) in [7, 11) is 1.32. The van der Waals surface area contributed by atoms with Gasteiger partial charge in [0, 0.05) is 12.7 Å². The second-order valence-electron chi connectivity index (χ2n) is 7.31. The molecule has 0 spiro atoms. The smallest absolute Gasteiger partial charge is 0.410 e. The minimum atomic E-state index is -0.826. The Kier molecular flexibility index (Phi) is 6.69. The van der Waals surface area contributed by atoms with Gasteiger partial charge in [0.25, 0.3) is 0 Å². The van der Waals surface area contributed by atoms with Crippen molar-refractivity contribution in [2.24, 2.45) is 5.92 Å². The molecule has 0 radical (unpaired) electrons. The van der Waals surface area contributed by atoms with Crippen molar-refractivity contribution in [3.8, 4) is 5.75 Å². The van der Waals surface area contributed by atoms with E-state index in [0.29, 0.717) is 31.9 Å². The maximum atomic E-state index is 12.5. The Morgan fingerprint density at radius 3 is 2.76 bits per heavy atom. The number of methoxy groups -OCH3 is 1. The summed E-state index contributed by atoms with van der Waals surface area (Å²) in [5.41, 5.74) is 2.51. The first-order chi connectivity index (χ1) is 14.0. The van der Waals surface area contributed by atoms with E-state index in [1.165, 1.54) is 12.0 Å². The molecule has 3 rings (SSSR count). The lowest BCUT2D eigenvalue weighted by Gasteiger charge is -2.35. The number of aromatic nitrogens is 1. The maximum Gasteiger partial charge on any atom is 0.410 e. The molecule has 0 bridgehead atoms. The first kappa shape index (κ1) is 20.6. The largest absolute Gasteiger partial charge is 0.487 e. The number of pyridine rings is 1. The molecule has 0 fully saturated rings. The van der Waals surface area contributed by atoms with Crippen molar-refractivity contribution < 1.29 is 23.8 Å². The SMILES string of the molecule is COC(=O)C1c2ccc(OCc3ccccn3)cc2CCN1C(=O)OCC(C)C. The molecule has 0 aliphatic carbocycles.